The van der Waals surface area contributed by atoms with Crippen molar-refractivity contribution < 1.29 is 35.5 Å². The first-order valence-electron chi connectivity index (χ1n) is 13.3. The van der Waals surface area contributed by atoms with Crippen molar-refractivity contribution in [2.45, 2.75) is 36.3 Å². The normalized spacial score (nSPS) is 18.0. The van der Waals surface area contributed by atoms with Crippen LogP contribution in [0.1, 0.15) is 12.1 Å². The quantitative estimate of drug-likeness (QED) is 0.258. The Kier molecular flexibility index (Phi) is 9.91. The molecule has 0 aliphatic carbocycles. The summed E-state index contributed by atoms with van der Waals surface area (Å²) in [5, 5.41) is 6.76. The highest BCUT2D eigenvalue weighted by Crippen LogP contribution is 2.32. The lowest BCUT2D eigenvalue weighted by Gasteiger charge is -2.35. The molecule has 0 saturated carbocycles. The Morgan fingerprint density at radius 1 is 1.12 bits per heavy atom. The molecule has 4 rings (SSSR count). The Bertz CT molecular complexity index is 1560. The van der Waals surface area contributed by atoms with Crippen molar-refractivity contribution >= 4 is 32.1 Å². The molecule has 0 radical (unpaired) electrons. The number of methoxy groups -OCH3 is 2. The Balaban J connectivity index is 1.56. The third kappa shape index (κ3) is 7.87. The molecule has 1 aliphatic heterocycles. The number of alkyl halides is 4. The lowest BCUT2D eigenvalue weighted by atomic mass is 10.0. The van der Waals surface area contributed by atoms with E-state index in [1.165, 1.54) is 25.3 Å². The van der Waals surface area contributed by atoms with Crippen molar-refractivity contribution in [2.75, 3.05) is 63.9 Å². The molecule has 1 aliphatic rings. The summed E-state index contributed by atoms with van der Waals surface area (Å²) >= 11 is 0. The molecule has 0 amide bonds. The number of anilines is 2. The van der Waals surface area contributed by atoms with Crippen LogP contribution < -0.4 is 15.4 Å². The number of ether oxygens (including phenoxy) is 2. The monoisotopic (exact) mass is 610 g/mol. The average molecular weight is 611 g/mol. The van der Waals surface area contributed by atoms with E-state index in [1.54, 1.807) is 31.4 Å². The Morgan fingerprint density at radius 3 is 2.57 bits per heavy atom. The first-order chi connectivity index (χ1) is 19.9. The van der Waals surface area contributed by atoms with Crippen LogP contribution in [0.4, 0.5) is 28.9 Å². The summed E-state index contributed by atoms with van der Waals surface area (Å²) < 4.78 is 90.8. The number of nitrogens with zero attached hydrogens (tertiary/aromatic N) is 2. The molecule has 1 aromatic heterocycles. The van der Waals surface area contributed by atoms with Crippen LogP contribution in [0, 0.1) is 11.8 Å². The van der Waals surface area contributed by atoms with Gasteiger partial charge in [-0.25, -0.2) is 12.8 Å². The number of piperidine rings is 1. The summed E-state index contributed by atoms with van der Waals surface area (Å²) in [5.74, 6) is 5.96. The zero-order valence-electron chi connectivity index (χ0n) is 23.6. The van der Waals surface area contributed by atoms with Gasteiger partial charge in [-0.3, -0.25) is 4.90 Å². The maximum Gasteiger partial charge on any atom is 0.406 e. The van der Waals surface area contributed by atoms with Crippen LogP contribution in [-0.2, 0) is 21.1 Å². The fraction of sp³-hybridized carbons (Fsp3) is 0.448. The van der Waals surface area contributed by atoms with Crippen molar-refractivity contribution in [1.82, 2.24) is 9.47 Å². The van der Waals surface area contributed by atoms with Crippen LogP contribution in [-0.4, -0.2) is 89.5 Å². The van der Waals surface area contributed by atoms with Crippen LogP contribution in [0.25, 0.3) is 10.9 Å². The zero-order chi connectivity index (χ0) is 30.5. The van der Waals surface area contributed by atoms with E-state index < -0.39 is 34.8 Å². The van der Waals surface area contributed by atoms with E-state index >= 15 is 4.39 Å². The number of benzene rings is 2. The molecule has 8 nitrogen and oxygen atoms in total. The Morgan fingerprint density at radius 2 is 1.90 bits per heavy atom. The lowest BCUT2D eigenvalue weighted by molar-refractivity contribution is -0.140. The lowest BCUT2D eigenvalue weighted by Crippen LogP contribution is -2.48. The number of halogens is 4. The van der Waals surface area contributed by atoms with Crippen molar-refractivity contribution in [3.8, 4) is 17.6 Å². The van der Waals surface area contributed by atoms with Gasteiger partial charge in [-0.1, -0.05) is 12.0 Å². The number of hydrogen-bond acceptors (Lipinski definition) is 7. The molecule has 228 valence electrons. The smallest absolute Gasteiger partial charge is 0.406 e. The summed E-state index contributed by atoms with van der Waals surface area (Å²) in [4.78, 5) is 2.08. The molecular weight excluding hydrogens is 576 g/mol. The second kappa shape index (κ2) is 13.2. The second-order valence-corrected chi connectivity index (χ2v) is 12.1. The molecule has 2 heterocycles. The number of hydrogen-bond donors (Lipinski definition) is 2. The van der Waals surface area contributed by atoms with E-state index in [-0.39, 0.29) is 29.4 Å². The largest absolute Gasteiger partial charge is 0.495 e. The van der Waals surface area contributed by atoms with E-state index in [2.05, 4.69) is 22.5 Å². The summed E-state index contributed by atoms with van der Waals surface area (Å²) in [6, 6.07) is 10.4. The summed E-state index contributed by atoms with van der Waals surface area (Å²) in [6.07, 6.45) is -4.02. The van der Waals surface area contributed by atoms with E-state index in [0.29, 0.717) is 48.4 Å². The van der Waals surface area contributed by atoms with Gasteiger partial charge >= 0.3 is 6.18 Å². The SMILES string of the molecule is COCCN1CC[C@@H](Nc2cccc3c2cc(C#CCNc2ccc(S(C)(=O)=O)cc2OC)n3CC(F)(F)F)[C@@H](F)C1. The Hall–Kier alpha value is -3.47. The van der Waals surface area contributed by atoms with Crippen molar-refractivity contribution in [2.24, 2.45) is 0 Å². The van der Waals surface area contributed by atoms with E-state index in [0.717, 1.165) is 10.8 Å². The molecule has 1 saturated heterocycles. The maximum absolute atomic E-state index is 15.0. The molecule has 0 spiro atoms. The summed E-state index contributed by atoms with van der Waals surface area (Å²) in [7, 11) is -0.436. The summed E-state index contributed by atoms with van der Waals surface area (Å²) in [6.45, 7) is 0.893. The van der Waals surface area contributed by atoms with Crippen LogP contribution in [0.5, 0.6) is 5.75 Å². The first kappa shape index (κ1) is 31.5. The van der Waals surface area contributed by atoms with Crippen molar-refractivity contribution in [1.29, 1.82) is 0 Å². The predicted molar refractivity (Wildman–Crippen MR) is 155 cm³/mol. The van der Waals surface area contributed by atoms with Gasteiger partial charge < -0.3 is 24.7 Å². The maximum atomic E-state index is 15.0. The number of rotatable bonds is 10. The summed E-state index contributed by atoms with van der Waals surface area (Å²) in [5.41, 5.74) is 1.52. The molecule has 2 atom stereocenters. The van der Waals surface area contributed by atoms with Gasteiger partial charge in [0, 0.05) is 50.1 Å². The molecular formula is C29H34F4N4O4S. The topological polar surface area (TPSA) is 84.8 Å². The molecule has 42 heavy (non-hydrogen) atoms. The highest BCUT2D eigenvalue weighted by Gasteiger charge is 2.31. The average Bonchev–Trinajstić information content (AvgIpc) is 3.27. The third-order valence-electron chi connectivity index (χ3n) is 7.05. The minimum absolute atomic E-state index is 0.0540. The highest BCUT2D eigenvalue weighted by atomic mass is 32.2. The minimum atomic E-state index is -4.49. The number of fused-ring (bicyclic) bond motifs is 1. The highest BCUT2D eigenvalue weighted by molar-refractivity contribution is 7.90. The van der Waals surface area contributed by atoms with Gasteiger partial charge in [0.05, 0.1) is 48.1 Å². The van der Waals surface area contributed by atoms with Crippen LogP contribution in [0.2, 0.25) is 0 Å². The van der Waals surface area contributed by atoms with Crippen molar-refractivity contribution in [3.05, 3.63) is 48.2 Å². The third-order valence-corrected chi connectivity index (χ3v) is 8.16. The van der Waals surface area contributed by atoms with Crippen LogP contribution >= 0.6 is 0 Å². The number of sulfone groups is 1. The molecule has 13 heteroatoms. The predicted octanol–water partition coefficient (Wildman–Crippen LogP) is 4.55. The van der Waals surface area contributed by atoms with Gasteiger partial charge in [0.15, 0.2) is 9.84 Å². The Labute approximate surface area is 242 Å². The molecule has 0 unspecified atom stereocenters. The zero-order valence-corrected chi connectivity index (χ0v) is 24.4. The van der Waals surface area contributed by atoms with Gasteiger partial charge in [-0.2, -0.15) is 13.2 Å². The van der Waals surface area contributed by atoms with E-state index in [9.17, 15) is 21.6 Å². The standard InChI is InChI=1S/C29H34F4N4O4S/c1-40-15-14-36-13-11-25(23(30)18-36)35-24-7-4-8-27-22(24)16-20(37(27)19-29(31,32)33)6-5-12-34-26-10-9-21(42(3,38)39)17-28(26)41-2/h4,7-10,16-17,23,25,34-35H,11-15,18-19H2,1-3H3/t23-,25+/m0/s1. The van der Waals surface area contributed by atoms with E-state index in [4.69, 9.17) is 9.47 Å². The molecule has 3 aromatic rings. The van der Waals surface area contributed by atoms with E-state index in [1.807, 2.05) is 4.90 Å². The van der Waals surface area contributed by atoms with Gasteiger partial charge in [0.2, 0.25) is 0 Å². The van der Waals surface area contributed by atoms with Gasteiger partial charge in [0.1, 0.15) is 18.5 Å². The van der Waals surface area contributed by atoms with Crippen molar-refractivity contribution in [3.63, 3.8) is 0 Å². The van der Waals surface area contributed by atoms with Crippen LogP contribution in [0.15, 0.2) is 47.4 Å². The second-order valence-electron chi connectivity index (χ2n) is 10.1. The molecule has 1 fully saturated rings. The first-order valence-corrected chi connectivity index (χ1v) is 15.2. The van der Waals surface area contributed by atoms with Crippen LogP contribution in [0.3, 0.4) is 0 Å². The fourth-order valence-electron chi connectivity index (χ4n) is 4.94. The number of aromatic nitrogens is 1. The molecule has 0 bridgehead atoms. The number of nitrogens with one attached hydrogen (secondary N) is 2. The van der Waals surface area contributed by atoms with Gasteiger partial charge in [-0.05, 0) is 42.7 Å². The molecule has 2 N–H and O–H groups in total. The van der Waals surface area contributed by atoms with Gasteiger partial charge in [-0.15, -0.1) is 0 Å². The molecule has 2 aromatic carbocycles. The van der Waals surface area contributed by atoms with Gasteiger partial charge in [0.25, 0.3) is 0 Å². The minimum Gasteiger partial charge on any atom is -0.495 e. The number of likely N-dealkylation sites (tertiary alicyclic amines) is 1. The fourth-order valence-corrected chi connectivity index (χ4v) is 5.58.